The van der Waals surface area contributed by atoms with Crippen molar-refractivity contribution >= 4 is 17.7 Å². The van der Waals surface area contributed by atoms with Crippen LogP contribution in [0.2, 0.25) is 0 Å². The molecule has 0 heterocycles. The van der Waals surface area contributed by atoms with Crippen LogP contribution in [0.1, 0.15) is 13.3 Å². The average molecular weight is 214 g/mol. The first-order chi connectivity index (χ1) is 6.58. The van der Waals surface area contributed by atoms with E-state index in [1.54, 1.807) is 17.8 Å². The quantitative estimate of drug-likeness (QED) is 0.530. The van der Waals surface area contributed by atoms with Crippen LogP contribution in [-0.2, 0) is 4.79 Å². The second-order valence-electron chi connectivity index (χ2n) is 2.81. The van der Waals surface area contributed by atoms with Gasteiger partial charge in [-0.3, -0.25) is 0 Å². The molecule has 0 aliphatic carbocycles. The molecule has 5 heteroatoms. The molecule has 1 unspecified atom stereocenters. The Morgan fingerprint density at radius 3 is 2.57 bits per heavy atom. The molecule has 0 spiro atoms. The molecule has 1 atom stereocenters. The van der Waals surface area contributed by atoms with Gasteiger partial charge in [0.25, 0.3) is 0 Å². The minimum absolute atomic E-state index is 0.0317. The minimum Gasteiger partial charge on any atom is -0.477 e. The van der Waals surface area contributed by atoms with Gasteiger partial charge >= 0.3 is 5.97 Å². The molecule has 0 aromatic carbocycles. The number of allylic oxidation sites excluding steroid dienone is 1. The Hall–Kier alpha value is -1.15. The molecule has 0 saturated carbocycles. The number of aliphatic carboxylic acids is 1. The van der Waals surface area contributed by atoms with Crippen molar-refractivity contribution in [2.24, 2.45) is 11.7 Å². The van der Waals surface area contributed by atoms with Crippen LogP contribution >= 0.6 is 11.8 Å². The second kappa shape index (κ2) is 6.33. The molecule has 3 N–H and O–H groups in total. The molecule has 14 heavy (non-hydrogen) atoms. The summed E-state index contributed by atoms with van der Waals surface area (Å²) in [5.41, 5.74) is 5.50. The molecule has 0 aliphatic heterocycles. The van der Waals surface area contributed by atoms with Crippen molar-refractivity contribution in [3.8, 4) is 6.07 Å². The molecule has 0 aromatic heterocycles. The molecule has 0 radical (unpaired) electrons. The highest BCUT2D eigenvalue weighted by Crippen LogP contribution is 2.18. The molecule has 0 fully saturated rings. The SMILES string of the molecule is CCC(CSC)/C(N)=C(/C#N)C(=O)O. The maximum Gasteiger partial charge on any atom is 0.348 e. The third-order valence-electron chi connectivity index (χ3n) is 1.91. The van der Waals surface area contributed by atoms with E-state index in [9.17, 15) is 4.79 Å². The van der Waals surface area contributed by atoms with Gasteiger partial charge in [0.2, 0.25) is 0 Å². The van der Waals surface area contributed by atoms with E-state index in [-0.39, 0.29) is 17.2 Å². The van der Waals surface area contributed by atoms with Gasteiger partial charge in [0, 0.05) is 17.4 Å². The van der Waals surface area contributed by atoms with E-state index in [0.29, 0.717) is 0 Å². The molecular formula is C9H14N2O2S. The molecule has 0 amide bonds. The van der Waals surface area contributed by atoms with Crippen LogP contribution in [0.3, 0.4) is 0 Å². The van der Waals surface area contributed by atoms with Crippen molar-refractivity contribution in [1.82, 2.24) is 0 Å². The van der Waals surface area contributed by atoms with Gasteiger partial charge in [0.1, 0.15) is 6.07 Å². The monoisotopic (exact) mass is 214 g/mol. The van der Waals surface area contributed by atoms with E-state index in [1.807, 2.05) is 13.2 Å². The van der Waals surface area contributed by atoms with E-state index in [0.717, 1.165) is 12.2 Å². The number of hydrogen-bond acceptors (Lipinski definition) is 4. The lowest BCUT2D eigenvalue weighted by Crippen LogP contribution is -2.19. The fourth-order valence-corrected chi connectivity index (χ4v) is 1.89. The molecule has 0 bridgehead atoms. The van der Waals surface area contributed by atoms with Crippen LogP contribution in [0, 0.1) is 17.2 Å². The van der Waals surface area contributed by atoms with Gasteiger partial charge in [-0.1, -0.05) is 6.92 Å². The Balaban J connectivity index is 4.92. The summed E-state index contributed by atoms with van der Waals surface area (Å²) in [5, 5.41) is 17.3. The topological polar surface area (TPSA) is 87.1 Å². The van der Waals surface area contributed by atoms with Gasteiger partial charge in [-0.2, -0.15) is 17.0 Å². The lowest BCUT2D eigenvalue weighted by atomic mass is 10.0. The first-order valence-corrected chi connectivity index (χ1v) is 5.59. The maximum absolute atomic E-state index is 10.6. The fourth-order valence-electron chi connectivity index (χ4n) is 1.07. The van der Waals surface area contributed by atoms with Gasteiger partial charge in [0.05, 0.1) is 0 Å². The van der Waals surface area contributed by atoms with Gasteiger partial charge in [-0.05, 0) is 12.7 Å². The number of carboxylic acids is 1. The smallest absolute Gasteiger partial charge is 0.348 e. The normalized spacial score (nSPS) is 14.1. The highest BCUT2D eigenvalue weighted by molar-refractivity contribution is 7.98. The maximum atomic E-state index is 10.6. The number of carboxylic acid groups (broad SMARTS) is 1. The average Bonchev–Trinajstić information content (AvgIpc) is 2.14. The van der Waals surface area contributed by atoms with E-state index in [1.165, 1.54) is 0 Å². The highest BCUT2D eigenvalue weighted by atomic mass is 32.2. The molecule has 78 valence electrons. The van der Waals surface area contributed by atoms with Gasteiger partial charge in [0.15, 0.2) is 5.57 Å². The van der Waals surface area contributed by atoms with Crippen molar-refractivity contribution in [1.29, 1.82) is 5.26 Å². The third kappa shape index (κ3) is 3.30. The molecule has 0 aliphatic rings. The lowest BCUT2D eigenvalue weighted by molar-refractivity contribution is -0.132. The predicted molar refractivity (Wildman–Crippen MR) is 56.6 cm³/mol. The number of nitrogens with two attached hydrogens (primary N) is 1. The lowest BCUT2D eigenvalue weighted by Gasteiger charge is -2.14. The molecule has 4 nitrogen and oxygen atoms in total. The fraction of sp³-hybridized carbons (Fsp3) is 0.556. The van der Waals surface area contributed by atoms with Crippen LogP contribution in [0.5, 0.6) is 0 Å². The second-order valence-corrected chi connectivity index (χ2v) is 3.72. The molecule has 0 saturated heterocycles. The summed E-state index contributed by atoms with van der Waals surface area (Å²) < 4.78 is 0. The van der Waals surface area contributed by atoms with Gasteiger partial charge < -0.3 is 10.8 Å². The number of nitriles is 1. The molecular weight excluding hydrogens is 200 g/mol. The number of thioether (sulfide) groups is 1. The molecule has 0 aromatic rings. The van der Waals surface area contributed by atoms with Gasteiger partial charge in [-0.15, -0.1) is 0 Å². The first-order valence-electron chi connectivity index (χ1n) is 4.20. The Bertz CT molecular complexity index is 281. The van der Waals surface area contributed by atoms with Crippen molar-refractivity contribution in [2.45, 2.75) is 13.3 Å². The number of hydrogen-bond donors (Lipinski definition) is 2. The van der Waals surface area contributed by atoms with Crippen LogP contribution in [0.25, 0.3) is 0 Å². The van der Waals surface area contributed by atoms with Crippen molar-refractivity contribution in [2.75, 3.05) is 12.0 Å². The summed E-state index contributed by atoms with van der Waals surface area (Å²) in [6.07, 6.45) is 2.66. The Morgan fingerprint density at radius 1 is 1.71 bits per heavy atom. The highest BCUT2D eigenvalue weighted by Gasteiger charge is 2.18. The number of carbonyl (C=O) groups is 1. The van der Waals surface area contributed by atoms with Crippen LogP contribution in [0.15, 0.2) is 11.3 Å². The molecule has 0 rings (SSSR count). The third-order valence-corrected chi connectivity index (χ3v) is 2.65. The predicted octanol–water partition coefficient (Wildman–Crippen LogP) is 1.20. The van der Waals surface area contributed by atoms with Gasteiger partial charge in [-0.25, -0.2) is 4.79 Å². The van der Waals surface area contributed by atoms with E-state index < -0.39 is 5.97 Å². The van der Waals surface area contributed by atoms with Crippen molar-refractivity contribution in [3.05, 3.63) is 11.3 Å². The summed E-state index contributed by atoms with van der Waals surface area (Å²) in [4.78, 5) is 10.6. The van der Waals surface area contributed by atoms with E-state index in [2.05, 4.69) is 0 Å². The van der Waals surface area contributed by atoms with E-state index in [4.69, 9.17) is 16.1 Å². The first kappa shape index (κ1) is 12.8. The Kier molecular flexibility index (Phi) is 5.81. The zero-order chi connectivity index (χ0) is 11.1. The van der Waals surface area contributed by atoms with Crippen LogP contribution in [0.4, 0.5) is 0 Å². The Morgan fingerprint density at radius 2 is 2.29 bits per heavy atom. The number of rotatable bonds is 5. The zero-order valence-corrected chi connectivity index (χ0v) is 9.10. The summed E-state index contributed by atoms with van der Waals surface area (Å²) in [6, 6.07) is 1.62. The minimum atomic E-state index is -1.25. The van der Waals surface area contributed by atoms with Crippen LogP contribution in [-0.4, -0.2) is 23.1 Å². The number of nitrogens with zero attached hydrogens (tertiary/aromatic N) is 1. The summed E-state index contributed by atoms with van der Waals surface area (Å²) >= 11 is 1.59. The van der Waals surface area contributed by atoms with Crippen LogP contribution < -0.4 is 5.73 Å². The summed E-state index contributed by atoms with van der Waals surface area (Å²) in [5.74, 6) is -0.541. The standard InChI is InChI=1S/C9H14N2O2S/c1-3-6(5-14-2)8(11)7(4-10)9(12)13/h6H,3,5,11H2,1-2H3,(H,12,13)/b8-7+. The Labute approximate surface area is 87.8 Å². The van der Waals surface area contributed by atoms with E-state index >= 15 is 0 Å². The zero-order valence-electron chi connectivity index (χ0n) is 8.28. The summed E-state index contributed by atoms with van der Waals surface area (Å²) in [7, 11) is 0. The summed E-state index contributed by atoms with van der Waals surface area (Å²) in [6.45, 7) is 1.92. The van der Waals surface area contributed by atoms with Crippen molar-refractivity contribution < 1.29 is 9.90 Å². The largest absolute Gasteiger partial charge is 0.477 e. The van der Waals surface area contributed by atoms with Crippen molar-refractivity contribution in [3.63, 3.8) is 0 Å².